The molecule has 0 N–H and O–H groups in total. The van der Waals surface area contributed by atoms with Crippen LogP contribution in [-0.4, -0.2) is 5.33 Å². The molecule has 2 heteroatoms. The first kappa shape index (κ1) is 11.1. The highest BCUT2D eigenvalue weighted by molar-refractivity contribution is 9.09. The van der Waals surface area contributed by atoms with Gasteiger partial charge in [0.05, 0.1) is 0 Å². The summed E-state index contributed by atoms with van der Waals surface area (Å²) in [6, 6.07) is 6.38. The van der Waals surface area contributed by atoms with Crippen molar-refractivity contribution in [3.63, 3.8) is 0 Å². The second kappa shape index (κ2) is 5.66. The largest absolute Gasteiger partial charge is 0.0928 e. The fourth-order valence-electron chi connectivity index (χ4n) is 1.27. The summed E-state index contributed by atoms with van der Waals surface area (Å²) in [6.07, 6.45) is 3.26. The molecule has 13 heavy (non-hydrogen) atoms. The van der Waals surface area contributed by atoms with E-state index in [1.54, 1.807) is 0 Å². The minimum absolute atomic E-state index is 0.917. The summed E-state index contributed by atoms with van der Waals surface area (Å²) < 4.78 is 0. The molecule has 0 aliphatic rings. The number of aryl methyl sites for hydroxylation is 2. The molecule has 72 valence electrons. The Kier molecular flexibility index (Phi) is 4.82. The van der Waals surface area contributed by atoms with Gasteiger partial charge < -0.3 is 0 Å². The Morgan fingerprint density at radius 3 is 2.69 bits per heavy atom. The van der Waals surface area contributed by atoms with Crippen molar-refractivity contribution in [1.82, 2.24) is 0 Å². The van der Waals surface area contributed by atoms with Crippen LogP contribution in [0.5, 0.6) is 0 Å². The van der Waals surface area contributed by atoms with Crippen LogP contribution in [0, 0.1) is 0 Å². The highest BCUT2D eigenvalue weighted by Gasteiger charge is 2.00. The van der Waals surface area contributed by atoms with E-state index in [0.717, 1.165) is 29.6 Å². The molecule has 0 saturated carbocycles. The van der Waals surface area contributed by atoms with E-state index in [4.69, 9.17) is 11.6 Å². The maximum Gasteiger partial charge on any atom is 0.0440 e. The van der Waals surface area contributed by atoms with Gasteiger partial charge in [0.15, 0.2) is 0 Å². The summed E-state index contributed by atoms with van der Waals surface area (Å²) in [4.78, 5) is 0. The predicted octanol–water partition coefficient (Wildman–Crippen LogP) is 4.23. The molecular formula is C11H14BrCl. The molecule has 0 atom stereocenters. The van der Waals surface area contributed by atoms with Crippen LogP contribution >= 0.6 is 27.5 Å². The zero-order chi connectivity index (χ0) is 9.68. The summed E-state index contributed by atoms with van der Waals surface area (Å²) in [7, 11) is 0. The summed E-state index contributed by atoms with van der Waals surface area (Å²) >= 11 is 9.55. The van der Waals surface area contributed by atoms with Crippen molar-refractivity contribution in [3.8, 4) is 0 Å². The average Bonchev–Trinajstić information content (AvgIpc) is 2.16. The molecule has 0 bridgehead atoms. The first-order chi connectivity index (χ1) is 6.27. The first-order valence-electron chi connectivity index (χ1n) is 4.61. The van der Waals surface area contributed by atoms with Crippen molar-refractivity contribution in [2.45, 2.75) is 26.2 Å². The van der Waals surface area contributed by atoms with Crippen molar-refractivity contribution >= 4 is 27.5 Å². The molecule has 0 unspecified atom stereocenters. The molecule has 0 heterocycles. The van der Waals surface area contributed by atoms with Crippen molar-refractivity contribution in [1.29, 1.82) is 0 Å². The van der Waals surface area contributed by atoms with E-state index in [2.05, 4.69) is 41.1 Å². The molecule has 0 radical (unpaired) electrons. The van der Waals surface area contributed by atoms with Gasteiger partial charge in [-0.25, -0.2) is 0 Å². The SMILES string of the molecule is CCc1ccc(CCCBr)c(Cl)c1. The fraction of sp³-hybridized carbons (Fsp3) is 0.455. The number of hydrogen-bond acceptors (Lipinski definition) is 0. The van der Waals surface area contributed by atoms with Gasteiger partial charge in [-0.1, -0.05) is 46.6 Å². The van der Waals surface area contributed by atoms with Crippen molar-refractivity contribution < 1.29 is 0 Å². The van der Waals surface area contributed by atoms with Crippen LogP contribution in [0.25, 0.3) is 0 Å². The van der Waals surface area contributed by atoms with Gasteiger partial charge >= 0.3 is 0 Å². The highest BCUT2D eigenvalue weighted by atomic mass is 79.9. The van der Waals surface area contributed by atoms with E-state index in [0.29, 0.717) is 0 Å². The number of halogens is 2. The maximum atomic E-state index is 6.13. The second-order valence-electron chi connectivity index (χ2n) is 3.07. The van der Waals surface area contributed by atoms with Crippen LogP contribution in [-0.2, 0) is 12.8 Å². The highest BCUT2D eigenvalue weighted by Crippen LogP contribution is 2.19. The molecule has 0 fully saturated rings. The second-order valence-corrected chi connectivity index (χ2v) is 4.27. The summed E-state index contributed by atoms with van der Waals surface area (Å²) in [5.74, 6) is 0. The zero-order valence-electron chi connectivity index (χ0n) is 7.82. The number of rotatable bonds is 4. The fourth-order valence-corrected chi connectivity index (χ4v) is 1.85. The summed E-state index contributed by atoms with van der Waals surface area (Å²) in [6.45, 7) is 2.14. The maximum absolute atomic E-state index is 6.13. The first-order valence-corrected chi connectivity index (χ1v) is 6.11. The topological polar surface area (TPSA) is 0 Å². The molecule has 1 aromatic carbocycles. The standard InChI is InChI=1S/C11H14BrCl/c1-2-9-5-6-10(4-3-7-12)11(13)8-9/h5-6,8H,2-4,7H2,1H3. The summed E-state index contributed by atoms with van der Waals surface area (Å²) in [5.41, 5.74) is 2.57. The normalized spacial score (nSPS) is 10.4. The van der Waals surface area contributed by atoms with Crippen molar-refractivity contribution in [2.24, 2.45) is 0 Å². The van der Waals surface area contributed by atoms with Crippen molar-refractivity contribution in [3.05, 3.63) is 34.3 Å². The van der Waals surface area contributed by atoms with Gasteiger partial charge in [-0.05, 0) is 36.5 Å². The van der Waals surface area contributed by atoms with Gasteiger partial charge in [0, 0.05) is 10.4 Å². The molecule has 0 saturated heterocycles. The van der Waals surface area contributed by atoms with E-state index in [-0.39, 0.29) is 0 Å². The third kappa shape index (κ3) is 3.32. The van der Waals surface area contributed by atoms with Crippen molar-refractivity contribution in [2.75, 3.05) is 5.33 Å². The number of alkyl halides is 1. The average molecular weight is 262 g/mol. The van der Waals surface area contributed by atoms with Gasteiger partial charge in [0.2, 0.25) is 0 Å². The monoisotopic (exact) mass is 260 g/mol. The minimum Gasteiger partial charge on any atom is -0.0928 e. The molecule has 0 aliphatic carbocycles. The van der Waals surface area contributed by atoms with Gasteiger partial charge in [-0.2, -0.15) is 0 Å². The van der Waals surface area contributed by atoms with Gasteiger partial charge in [-0.3, -0.25) is 0 Å². The Morgan fingerprint density at radius 1 is 1.38 bits per heavy atom. The van der Waals surface area contributed by atoms with Crippen LogP contribution in [0.1, 0.15) is 24.5 Å². The predicted molar refractivity (Wildman–Crippen MR) is 62.9 cm³/mol. The Hall–Kier alpha value is -0.0100. The van der Waals surface area contributed by atoms with Gasteiger partial charge in [0.1, 0.15) is 0 Å². The third-order valence-electron chi connectivity index (χ3n) is 2.11. The van der Waals surface area contributed by atoms with Crippen LogP contribution in [0.4, 0.5) is 0 Å². The van der Waals surface area contributed by atoms with Crippen LogP contribution in [0.15, 0.2) is 18.2 Å². The lowest BCUT2D eigenvalue weighted by Gasteiger charge is -2.04. The third-order valence-corrected chi connectivity index (χ3v) is 3.02. The van der Waals surface area contributed by atoms with Crippen LogP contribution in [0.3, 0.4) is 0 Å². The number of hydrogen-bond donors (Lipinski definition) is 0. The number of benzene rings is 1. The Balaban J connectivity index is 2.73. The zero-order valence-corrected chi connectivity index (χ0v) is 10.2. The molecule has 1 aromatic rings. The molecular weight excluding hydrogens is 247 g/mol. The quantitative estimate of drug-likeness (QED) is 0.712. The lowest BCUT2D eigenvalue weighted by Crippen LogP contribution is -1.89. The van der Waals surface area contributed by atoms with E-state index in [1.807, 2.05) is 0 Å². The van der Waals surface area contributed by atoms with Crippen LogP contribution < -0.4 is 0 Å². The van der Waals surface area contributed by atoms with Gasteiger partial charge in [-0.15, -0.1) is 0 Å². The smallest absolute Gasteiger partial charge is 0.0440 e. The molecule has 0 spiro atoms. The summed E-state index contributed by atoms with van der Waals surface area (Å²) in [5, 5.41) is 1.96. The minimum atomic E-state index is 0.917. The van der Waals surface area contributed by atoms with E-state index >= 15 is 0 Å². The molecule has 0 aromatic heterocycles. The molecule has 0 aliphatic heterocycles. The van der Waals surface area contributed by atoms with Crippen LogP contribution in [0.2, 0.25) is 5.02 Å². The molecule has 1 rings (SSSR count). The Bertz CT molecular complexity index is 271. The molecule has 0 amide bonds. The lowest BCUT2D eigenvalue weighted by atomic mass is 10.1. The van der Waals surface area contributed by atoms with E-state index in [9.17, 15) is 0 Å². The Morgan fingerprint density at radius 2 is 2.15 bits per heavy atom. The molecule has 0 nitrogen and oxygen atoms in total. The Labute approximate surface area is 93.4 Å². The van der Waals surface area contributed by atoms with Gasteiger partial charge in [0.25, 0.3) is 0 Å². The lowest BCUT2D eigenvalue weighted by molar-refractivity contribution is 0.937. The van der Waals surface area contributed by atoms with E-state index in [1.165, 1.54) is 11.1 Å². The van der Waals surface area contributed by atoms with E-state index < -0.39 is 0 Å².